The summed E-state index contributed by atoms with van der Waals surface area (Å²) in [5, 5.41) is 10.8. The van der Waals surface area contributed by atoms with E-state index < -0.39 is 0 Å². The Morgan fingerprint density at radius 2 is 1.81 bits per heavy atom. The van der Waals surface area contributed by atoms with Gasteiger partial charge in [0.05, 0.1) is 26.9 Å². The van der Waals surface area contributed by atoms with Crippen molar-refractivity contribution in [2.24, 2.45) is 0 Å². The molecule has 2 aromatic carbocycles. The third kappa shape index (κ3) is 3.81. The SMILES string of the molecule is CC(Sc1nnc(N2CCCC2)n1-c1ccccc1Cl)c1nc2ccccc2c(=O)[nH]1. The van der Waals surface area contributed by atoms with Crippen LogP contribution >= 0.6 is 23.4 Å². The van der Waals surface area contributed by atoms with E-state index in [1.807, 2.05) is 54.0 Å². The molecule has 0 spiro atoms. The van der Waals surface area contributed by atoms with Gasteiger partial charge in [-0.3, -0.25) is 9.36 Å². The predicted molar refractivity (Wildman–Crippen MR) is 124 cm³/mol. The van der Waals surface area contributed by atoms with Crippen LogP contribution in [0.15, 0.2) is 58.5 Å². The van der Waals surface area contributed by atoms with Gasteiger partial charge in [0.1, 0.15) is 5.82 Å². The summed E-state index contributed by atoms with van der Waals surface area (Å²) in [6.45, 7) is 3.89. The number of rotatable bonds is 5. The van der Waals surface area contributed by atoms with Crippen molar-refractivity contribution < 1.29 is 0 Å². The molecule has 9 heteroatoms. The van der Waals surface area contributed by atoms with Crippen LogP contribution < -0.4 is 10.5 Å². The molecule has 1 atom stereocenters. The molecule has 0 radical (unpaired) electrons. The van der Waals surface area contributed by atoms with E-state index in [9.17, 15) is 4.79 Å². The second-order valence-electron chi connectivity index (χ2n) is 7.49. The van der Waals surface area contributed by atoms with E-state index in [1.165, 1.54) is 11.8 Å². The van der Waals surface area contributed by atoms with Crippen molar-refractivity contribution >= 4 is 40.2 Å². The predicted octanol–water partition coefficient (Wildman–Crippen LogP) is 4.61. The smallest absolute Gasteiger partial charge is 0.258 e. The molecule has 7 nitrogen and oxygen atoms in total. The maximum Gasteiger partial charge on any atom is 0.258 e. The van der Waals surface area contributed by atoms with Crippen molar-refractivity contribution in [2.45, 2.75) is 30.2 Å². The number of anilines is 1. The number of aromatic nitrogens is 5. The van der Waals surface area contributed by atoms with E-state index in [0.717, 1.165) is 37.6 Å². The highest BCUT2D eigenvalue weighted by molar-refractivity contribution is 7.99. The van der Waals surface area contributed by atoms with Crippen LogP contribution in [0, 0.1) is 0 Å². The van der Waals surface area contributed by atoms with Gasteiger partial charge in [-0.2, -0.15) is 0 Å². The first-order chi connectivity index (χ1) is 15.1. The summed E-state index contributed by atoms with van der Waals surface area (Å²) in [4.78, 5) is 22.3. The monoisotopic (exact) mass is 452 g/mol. The van der Waals surface area contributed by atoms with E-state index >= 15 is 0 Å². The summed E-state index contributed by atoms with van der Waals surface area (Å²) in [6, 6.07) is 15.0. The molecule has 1 aliphatic rings. The Morgan fingerprint density at radius 3 is 2.61 bits per heavy atom. The first kappa shape index (κ1) is 20.1. The average Bonchev–Trinajstić information content (AvgIpc) is 3.44. The summed E-state index contributed by atoms with van der Waals surface area (Å²) < 4.78 is 2.01. The molecular weight excluding hydrogens is 432 g/mol. The van der Waals surface area contributed by atoms with Crippen LogP contribution in [0.5, 0.6) is 0 Å². The minimum atomic E-state index is -0.144. The van der Waals surface area contributed by atoms with Crippen molar-refractivity contribution in [3.05, 3.63) is 69.7 Å². The van der Waals surface area contributed by atoms with Crippen LogP contribution in [0.1, 0.15) is 30.8 Å². The quantitative estimate of drug-likeness (QED) is 0.445. The summed E-state index contributed by atoms with van der Waals surface area (Å²) in [6.07, 6.45) is 2.27. The van der Waals surface area contributed by atoms with Gasteiger partial charge in [-0.25, -0.2) is 4.98 Å². The van der Waals surface area contributed by atoms with Crippen molar-refractivity contribution in [3.8, 4) is 5.69 Å². The number of hydrogen-bond acceptors (Lipinski definition) is 6. The Balaban J connectivity index is 1.55. The van der Waals surface area contributed by atoms with Crippen LogP contribution in [0.25, 0.3) is 16.6 Å². The normalized spacial score (nSPS) is 15.0. The number of nitrogens with one attached hydrogen (secondary N) is 1. The molecule has 0 saturated carbocycles. The Labute approximate surface area is 188 Å². The molecule has 1 unspecified atom stereocenters. The van der Waals surface area contributed by atoms with Crippen molar-refractivity contribution in [1.82, 2.24) is 24.7 Å². The summed E-state index contributed by atoms with van der Waals surface area (Å²) in [5.74, 6) is 1.39. The Morgan fingerprint density at radius 1 is 1.06 bits per heavy atom. The first-order valence-corrected chi connectivity index (χ1v) is 11.5. The number of para-hydroxylation sites is 2. The molecule has 31 heavy (non-hydrogen) atoms. The molecule has 0 amide bonds. The van der Waals surface area contributed by atoms with Crippen molar-refractivity contribution in [1.29, 1.82) is 0 Å². The number of nitrogens with zero attached hydrogens (tertiary/aromatic N) is 5. The molecule has 3 heterocycles. The van der Waals surface area contributed by atoms with Gasteiger partial charge in [-0.05, 0) is 44.0 Å². The number of aromatic amines is 1. The van der Waals surface area contributed by atoms with E-state index in [0.29, 0.717) is 26.9 Å². The fourth-order valence-electron chi connectivity index (χ4n) is 3.82. The van der Waals surface area contributed by atoms with Crippen LogP contribution in [0.3, 0.4) is 0 Å². The van der Waals surface area contributed by atoms with Gasteiger partial charge in [0.15, 0.2) is 5.16 Å². The molecular formula is C22H21ClN6OS. The van der Waals surface area contributed by atoms with Crippen molar-refractivity contribution in [3.63, 3.8) is 0 Å². The number of fused-ring (bicyclic) bond motifs is 1. The molecule has 1 fully saturated rings. The number of benzene rings is 2. The molecule has 1 aliphatic heterocycles. The standard InChI is InChI=1S/C22H21ClN6OS/c1-14(19-24-17-10-4-2-8-15(17)20(30)25-19)31-22-27-26-21(28-12-6-7-13-28)29(22)18-11-5-3-9-16(18)23/h2-5,8-11,14H,6-7,12-13H2,1H3,(H,24,25,30). The molecule has 158 valence electrons. The Kier molecular flexibility index (Phi) is 5.41. The summed E-state index contributed by atoms with van der Waals surface area (Å²) >= 11 is 8.04. The van der Waals surface area contributed by atoms with Gasteiger partial charge in [0.25, 0.3) is 5.56 Å². The van der Waals surface area contributed by atoms with Gasteiger partial charge in [-0.1, -0.05) is 47.6 Å². The highest BCUT2D eigenvalue weighted by atomic mass is 35.5. The third-order valence-corrected chi connectivity index (χ3v) is 6.77. The molecule has 5 rings (SSSR count). The lowest BCUT2D eigenvalue weighted by atomic mass is 10.2. The number of hydrogen-bond donors (Lipinski definition) is 1. The average molecular weight is 453 g/mol. The van der Waals surface area contributed by atoms with Gasteiger partial charge >= 0.3 is 0 Å². The molecule has 0 aliphatic carbocycles. The zero-order valence-electron chi connectivity index (χ0n) is 17.0. The second-order valence-corrected chi connectivity index (χ2v) is 9.21. The zero-order chi connectivity index (χ0) is 21.4. The Hall–Kier alpha value is -2.84. The third-order valence-electron chi connectivity index (χ3n) is 5.40. The van der Waals surface area contributed by atoms with Crippen LogP contribution in [-0.4, -0.2) is 37.8 Å². The summed E-state index contributed by atoms with van der Waals surface area (Å²) in [5.41, 5.74) is 1.38. The zero-order valence-corrected chi connectivity index (χ0v) is 18.5. The van der Waals surface area contributed by atoms with Crippen LogP contribution in [0.2, 0.25) is 5.02 Å². The van der Waals surface area contributed by atoms with Gasteiger partial charge in [0.2, 0.25) is 5.95 Å². The number of H-pyrrole nitrogens is 1. The fraction of sp³-hybridized carbons (Fsp3) is 0.273. The summed E-state index contributed by atoms with van der Waals surface area (Å²) in [7, 11) is 0. The van der Waals surface area contributed by atoms with E-state index in [2.05, 4.69) is 25.1 Å². The number of halogens is 1. The minimum Gasteiger partial charge on any atom is -0.341 e. The number of thioether (sulfide) groups is 1. The van der Waals surface area contributed by atoms with Crippen molar-refractivity contribution in [2.75, 3.05) is 18.0 Å². The lowest BCUT2D eigenvalue weighted by Crippen LogP contribution is -2.22. The maximum atomic E-state index is 12.5. The Bertz CT molecular complexity index is 1300. The van der Waals surface area contributed by atoms with Gasteiger partial charge in [-0.15, -0.1) is 10.2 Å². The van der Waals surface area contributed by atoms with E-state index in [4.69, 9.17) is 11.6 Å². The largest absolute Gasteiger partial charge is 0.341 e. The van der Waals surface area contributed by atoms with E-state index in [-0.39, 0.29) is 10.8 Å². The molecule has 0 bridgehead atoms. The van der Waals surface area contributed by atoms with Gasteiger partial charge < -0.3 is 9.88 Å². The lowest BCUT2D eigenvalue weighted by molar-refractivity contribution is 0.834. The van der Waals surface area contributed by atoms with E-state index in [1.54, 1.807) is 6.07 Å². The maximum absolute atomic E-state index is 12.5. The molecule has 2 aromatic heterocycles. The van der Waals surface area contributed by atoms with Crippen LogP contribution in [-0.2, 0) is 0 Å². The lowest BCUT2D eigenvalue weighted by Gasteiger charge is -2.19. The van der Waals surface area contributed by atoms with Gasteiger partial charge in [0, 0.05) is 13.1 Å². The molecule has 1 N–H and O–H groups in total. The topological polar surface area (TPSA) is 79.7 Å². The highest BCUT2D eigenvalue weighted by Gasteiger charge is 2.25. The molecule has 1 saturated heterocycles. The minimum absolute atomic E-state index is 0.140. The van der Waals surface area contributed by atoms with Crippen LogP contribution in [0.4, 0.5) is 5.95 Å². The second kappa shape index (κ2) is 8.36. The fourth-order valence-corrected chi connectivity index (χ4v) is 4.95. The molecule has 4 aromatic rings. The highest BCUT2D eigenvalue weighted by Crippen LogP contribution is 2.37. The first-order valence-electron chi connectivity index (χ1n) is 10.2.